The summed E-state index contributed by atoms with van der Waals surface area (Å²) in [5.74, 6) is 0. The Hall–Kier alpha value is -2.04. The van der Waals surface area contributed by atoms with E-state index in [0.29, 0.717) is 18.5 Å². The van der Waals surface area contributed by atoms with Gasteiger partial charge in [0.1, 0.15) is 11.8 Å². The summed E-state index contributed by atoms with van der Waals surface area (Å²) in [6.07, 6.45) is 2.51. The van der Waals surface area contributed by atoms with Crippen LogP contribution < -0.4 is 16.8 Å². The summed E-state index contributed by atoms with van der Waals surface area (Å²) in [5, 5.41) is 2.54. The number of hydrogen-bond donors (Lipinski definition) is 3. The lowest BCUT2D eigenvalue weighted by molar-refractivity contribution is -0.113. The fourth-order valence-corrected chi connectivity index (χ4v) is 2.32. The van der Waals surface area contributed by atoms with Gasteiger partial charge in [-0.15, -0.1) is 0 Å². The van der Waals surface area contributed by atoms with Crippen molar-refractivity contribution in [3.63, 3.8) is 0 Å². The van der Waals surface area contributed by atoms with Crippen LogP contribution in [-0.2, 0) is 17.6 Å². The Balaban J connectivity index is 2.32. The molecular formula is C12H15N3O2. The molecule has 0 heterocycles. The second-order valence-electron chi connectivity index (χ2n) is 4.47. The Morgan fingerprint density at radius 3 is 2.82 bits per heavy atom. The summed E-state index contributed by atoms with van der Waals surface area (Å²) >= 11 is 0. The minimum absolute atomic E-state index is 0.444. The molecule has 2 amide bonds. The zero-order chi connectivity index (χ0) is 12.5. The molecule has 1 aromatic rings. The summed E-state index contributed by atoms with van der Waals surface area (Å²) in [4.78, 5) is 22.1. The van der Waals surface area contributed by atoms with E-state index in [0.717, 1.165) is 18.3 Å². The number of nitrogens with one attached hydrogen (secondary N) is 1. The van der Waals surface area contributed by atoms with Crippen molar-refractivity contribution in [2.75, 3.05) is 5.73 Å². The fraction of sp³-hybridized carbons (Fsp3) is 0.333. The SMILES string of the molecule is NC(=O)NC1(C=O)CCc2ccc(N)cc2C1. The molecule has 17 heavy (non-hydrogen) atoms. The molecule has 1 atom stereocenters. The van der Waals surface area contributed by atoms with Crippen LogP contribution in [0.3, 0.4) is 0 Å². The number of nitrogens with two attached hydrogens (primary N) is 2. The molecule has 2 rings (SSSR count). The second kappa shape index (κ2) is 4.08. The number of aryl methyl sites for hydroxylation is 1. The smallest absolute Gasteiger partial charge is 0.312 e. The quantitative estimate of drug-likeness (QED) is 0.508. The maximum Gasteiger partial charge on any atom is 0.312 e. The van der Waals surface area contributed by atoms with Crippen molar-refractivity contribution in [2.45, 2.75) is 24.8 Å². The summed E-state index contributed by atoms with van der Waals surface area (Å²) < 4.78 is 0. The van der Waals surface area contributed by atoms with Crippen molar-refractivity contribution < 1.29 is 9.59 Å². The number of anilines is 1. The number of nitrogen functional groups attached to an aromatic ring is 1. The van der Waals surface area contributed by atoms with Gasteiger partial charge in [0.25, 0.3) is 0 Å². The Morgan fingerprint density at radius 1 is 1.41 bits per heavy atom. The molecule has 5 N–H and O–H groups in total. The van der Waals surface area contributed by atoms with Crippen LogP contribution in [-0.4, -0.2) is 17.9 Å². The van der Waals surface area contributed by atoms with E-state index in [-0.39, 0.29) is 0 Å². The van der Waals surface area contributed by atoms with Crippen molar-refractivity contribution in [1.82, 2.24) is 5.32 Å². The Labute approximate surface area is 99.2 Å². The number of hydrogen-bond acceptors (Lipinski definition) is 3. The molecule has 0 spiro atoms. The van der Waals surface area contributed by atoms with Gasteiger partial charge in [0, 0.05) is 12.1 Å². The molecule has 1 aromatic carbocycles. The van der Waals surface area contributed by atoms with Crippen molar-refractivity contribution in [3.05, 3.63) is 29.3 Å². The first-order chi connectivity index (χ1) is 8.04. The Morgan fingerprint density at radius 2 is 2.18 bits per heavy atom. The number of carbonyl (C=O) groups is 2. The summed E-state index contributed by atoms with van der Waals surface area (Å²) in [6, 6.07) is 4.97. The Bertz CT molecular complexity index is 473. The van der Waals surface area contributed by atoms with E-state index in [1.54, 1.807) is 0 Å². The van der Waals surface area contributed by atoms with Crippen molar-refractivity contribution in [2.24, 2.45) is 5.73 Å². The van der Waals surface area contributed by atoms with Gasteiger partial charge in [-0.05, 0) is 36.1 Å². The number of rotatable bonds is 2. The van der Waals surface area contributed by atoms with E-state index in [2.05, 4.69) is 5.32 Å². The third-order valence-electron chi connectivity index (χ3n) is 3.17. The number of urea groups is 1. The van der Waals surface area contributed by atoms with Crippen molar-refractivity contribution >= 4 is 18.0 Å². The average molecular weight is 233 g/mol. The van der Waals surface area contributed by atoms with E-state index in [9.17, 15) is 9.59 Å². The van der Waals surface area contributed by atoms with Crippen molar-refractivity contribution in [3.8, 4) is 0 Å². The van der Waals surface area contributed by atoms with E-state index < -0.39 is 11.6 Å². The van der Waals surface area contributed by atoms with Gasteiger partial charge in [-0.25, -0.2) is 4.79 Å². The average Bonchev–Trinajstić information content (AvgIpc) is 2.27. The van der Waals surface area contributed by atoms with Crippen LogP contribution in [0.15, 0.2) is 18.2 Å². The van der Waals surface area contributed by atoms with Gasteiger partial charge >= 0.3 is 6.03 Å². The zero-order valence-corrected chi connectivity index (χ0v) is 9.40. The molecule has 0 saturated carbocycles. The van der Waals surface area contributed by atoms with Crippen LogP contribution in [0, 0.1) is 0 Å². The van der Waals surface area contributed by atoms with Crippen LogP contribution >= 0.6 is 0 Å². The molecule has 0 aliphatic heterocycles. The van der Waals surface area contributed by atoms with Crippen molar-refractivity contribution in [1.29, 1.82) is 0 Å². The first kappa shape index (κ1) is 11.4. The third-order valence-corrected chi connectivity index (χ3v) is 3.17. The lowest BCUT2D eigenvalue weighted by Gasteiger charge is -2.33. The van der Waals surface area contributed by atoms with Gasteiger partial charge in [0.05, 0.1) is 0 Å². The third kappa shape index (κ3) is 2.22. The molecule has 90 valence electrons. The van der Waals surface area contributed by atoms with E-state index in [1.807, 2.05) is 18.2 Å². The van der Waals surface area contributed by atoms with Gasteiger partial charge in [0.2, 0.25) is 0 Å². The molecule has 1 aliphatic carbocycles. The predicted octanol–water partition coefficient (Wildman–Crippen LogP) is 0.364. The van der Waals surface area contributed by atoms with Gasteiger partial charge in [0.15, 0.2) is 0 Å². The van der Waals surface area contributed by atoms with E-state index in [1.165, 1.54) is 5.56 Å². The lowest BCUT2D eigenvalue weighted by Crippen LogP contribution is -2.55. The molecule has 0 bridgehead atoms. The highest BCUT2D eigenvalue weighted by atomic mass is 16.2. The molecule has 1 unspecified atom stereocenters. The van der Waals surface area contributed by atoms with Crippen LogP contribution in [0.5, 0.6) is 0 Å². The fourth-order valence-electron chi connectivity index (χ4n) is 2.32. The highest BCUT2D eigenvalue weighted by Gasteiger charge is 2.35. The summed E-state index contributed by atoms with van der Waals surface area (Å²) in [6.45, 7) is 0. The van der Waals surface area contributed by atoms with Gasteiger partial charge in [-0.2, -0.15) is 0 Å². The number of fused-ring (bicyclic) bond motifs is 1. The number of benzene rings is 1. The number of amides is 2. The lowest BCUT2D eigenvalue weighted by atomic mass is 9.78. The first-order valence-electron chi connectivity index (χ1n) is 5.46. The van der Waals surface area contributed by atoms with Gasteiger partial charge in [-0.3, -0.25) is 0 Å². The van der Waals surface area contributed by atoms with Gasteiger partial charge < -0.3 is 21.6 Å². The molecule has 0 fully saturated rings. The molecular weight excluding hydrogens is 218 g/mol. The minimum atomic E-state index is -0.882. The standard InChI is InChI=1S/C12H15N3O2/c13-10-2-1-8-3-4-12(7-16,15-11(14)17)6-9(8)5-10/h1-2,5,7H,3-4,6,13H2,(H3,14,15,17). The molecule has 5 nitrogen and oxygen atoms in total. The number of primary amides is 1. The van der Waals surface area contributed by atoms with Crippen LogP contribution in [0.2, 0.25) is 0 Å². The highest BCUT2D eigenvalue weighted by Crippen LogP contribution is 2.28. The largest absolute Gasteiger partial charge is 0.399 e. The molecule has 0 aromatic heterocycles. The molecule has 5 heteroatoms. The molecule has 0 radical (unpaired) electrons. The summed E-state index contributed by atoms with van der Waals surface area (Å²) in [5.41, 5.74) is 12.8. The maximum atomic E-state index is 11.2. The maximum absolute atomic E-state index is 11.2. The molecule has 0 saturated heterocycles. The van der Waals surface area contributed by atoms with Gasteiger partial charge in [-0.1, -0.05) is 6.07 Å². The first-order valence-corrected chi connectivity index (χ1v) is 5.46. The second-order valence-corrected chi connectivity index (χ2v) is 4.47. The highest BCUT2D eigenvalue weighted by molar-refractivity contribution is 5.79. The van der Waals surface area contributed by atoms with Crippen LogP contribution in [0.4, 0.5) is 10.5 Å². The molecule has 1 aliphatic rings. The number of carbonyl (C=O) groups excluding carboxylic acids is 2. The Kier molecular flexibility index (Phi) is 2.75. The van der Waals surface area contributed by atoms with E-state index >= 15 is 0 Å². The normalized spacial score (nSPS) is 22.6. The van der Waals surface area contributed by atoms with Crippen LogP contribution in [0.25, 0.3) is 0 Å². The number of aldehydes is 1. The zero-order valence-electron chi connectivity index (χ0n) is 9.40. The topological polar surface area (TPSA) is 98.2 Å². The monoisotopic (exact) mass is 233 g/mol. The van der Waals surface area contributed by atoms with Crippen LogP contribution in [0.1, 0.15) is 17.5 Å². The minimum Gasteiger partial charge on any atom is -0.399 e. The van der Waals surface area contributed by atoms with E-state index in [4.69, 9.17) is 11.5 Å². The predicted molar refractivity (Wildman–Crippen MR) is 64.4 cm³/mol. The summed E-state index contributed by atoms with van der Waals surface area (Å²) in [7, 11) is 0.